The van der Waals surface area contributed by atoms with E-state index in [1.165, 1.54) is 11.0 Å². The van der Waals surface area contributed by atoms with E-state index in [0.29, 0.717) is 19.5 Å². The van der Waals surface area contributed by atoms with Crippen LogP contribution in [0.25, 0.3) is 33.3 Å². The molecule has 0 bridgehead atoms. The van der Waals surface area contributed by atoms with Crippen LogP contribution in [-0.2, 0) is 6.42 Å². The molecule has 1 saturated heterocycles. The highest BCUT2D eigenvalue weighted by Gasteiger charge is 2.42. The standard InChI is InChI=1S/C30H30N8O2/c1-3-4-12-35-30(2)11-8-15-37(38-28(39)26-27(34-19-33-26)36-29(38)40)24(30)18-20-16-22(21-9-6-5-7-10-21)25-23(17-20)31-13-14-32-25/h5-7,9-10,13-14,16-17,19,24,35H,8,11-12,15,18H2,1-2H3,(H,33,34)(H,36,40)/t24?,30-/m1/s1. The van der Waals surface area contributed by atoms with Crippen LogP contribution in [-0.4, -0.2) is 54.3 Å². The number of imidazole rings is 1. The zero-order chi connectivity index (χ0) is 27.7. The third kappa shape index (κ3) is 4.54. The highest BCUT2D eigenvalue weighted by molar-refractivity contribution is 5.92. The number of benzene rings is 2. The SMILES string of the molecule is CC#CCN[C@]1(C)CCCN(n2c(=O)[nH]c3nc[nH]c3c2=O)C1Cc1cc(-c2ccccc2)c2nccnc2c1. The molecule has 4 heterocycles. The number of piperidine rings is 1. The summed E-state index contributed by atoms with van der Waals surface area (Å²) in [5.41, 5.74) is 3.83. The number of hydrogen-bond acceptors (Lipinski definition) is 7. The average Bonchev–Trinajstić information content (AvgIpc) is 3.44. The first-order valence-corrected chi connectivity index (χ1v) is 13.4. The zero-order valence-corrected chi connectivity index (χ0v) is 22.4. The minimum absolute atomic E-state index is 0.250. The van der Waals surface area contributed by atoms with Crippen LogP contribution in [0.2, 0.25) is 0 Å². The number of rotatable bonds is 6. The number of aromatic nitrogens is 6. The van der Waals surface area contributed by atoms with Crippen LogP contribution in [0.3, 0.4) is 0 Å². The minimum Gasteiger partial charge on any atom is -0.339 e. The lowest BCUT2D eigenvalue weighted by Gasteiger charge is -2.49. The summed E-state index contributed by atoms with van der Waals surface area (Å²) in [6.07, 6.45) is 7.03. The molecule has 0 radical (unpaired) electrons. The predicted octanol–water partition coefficient (Wildman–Crippen LogP) is 2.74. The second-order valence-corrected chi connectivity index (χ2v) is 10.3. The molecule has 5 aromatic rings. The van der Waals surface area contributed by atoms with Crippen LogP contribution in [0.4, 0.5) is 0 Å². The van der Waals surface area contributed by atoms with Crippen LogP contribution in [0.5, 0.6) is 0 Å². The topological polar surface area (TPSA) is 125 Å². The predicted molar refractivity (Wildman–Crippen MR) is 156 cm³/mol. The molecule has 1 aliphatic rings. The van der Waals surface area contributed by atoms with E-state index in [1.54, 1.807) is 12.4 Å². The molecule has 6 rings (SSSR count). The van der Waals surface area contributed by atoms with Gasteiger partial charge in [0.2, 0.25) is 0 Å². The van der Waals surface area contributed by atoms with E-state index in [4.69, 9.17) is 0 Å². The highest BCUT2D eigenvalue weighted by Crippen LogP contribution is 2.32. The van der Waals surface area contributed by atoms with Gasteiger partial charge in [-0.15, -0.1) is 5.92 Å². The van der Waals surface area contributed by atoms with Crippen LogP contribution >= 0.6 is 0 Å². The van der Waals surface area contributed by atoms with Gasteiger partial charge in [-0.2, -0.15) is 4.68 Å². The quantitative estimate of drug-likeness (QED) is 0.286. The molecule has 2 atom stereocenters. The van der Waals surface area contributed by atoms with Crippen LogP contribution in [0, 0.1) is 11.8 Å². The third-order valence-corrected chi connectivity index (χ3v) is 7.80. The molecular formula is C30H30N8O2. The van der Waals surface area contributed by atoms with E-state index in [2.05, 4.69) is 73.3 Å². The summed E-state index contributed by atoms with van der Waals surface area (Å²) >= 11 is 0. The smallest absolute Gasteiger partial charge is 0.339 e. The molecule has 1 unspecified atom stereocenters. The van der Waals surface area contributed by atoms with Crippen molar-refractivity contribution in [2.75, 3.05) is 18.1 Å². The van der Waals surface area contributed by atoms with Crippen LogP contribution in [0.15, 0.2) is 70.8 Å². The Balaban J connectivity index is 1.50. The van der Waals surface area contributed by atoms with Gasteiger partial charge < -0.3 is 9.99 Å². The van der Waals surface area contributed by atoms with Gasteiger partial charge in [0.05, 0.1) is 29.9 Å². The van der Waals surface area contributed by atoms with Crippen molar-refractivity contribution in [2.24, 2.45) is 0 Å². The Labute approximate surface area is 230 Å². The van der Waals surface area contributed by atoms with Gasteiger partial charge in [0.1, 0.15) is 0 Å². The molecule has 202 valence electrons. The maximum absolute atomic E-state index is 13.6. The number of nitrogens with one attached hydrogen (secondary N) is 3. The number of nitrogens with zero attached hydrogens (tertiary/aromatic N) is 5. The molecule has 3 aromatic heterocycles. The number of fused-ring (bicyclic) bond motifs is 2. The first kappa shape index (κ1) is 25.5. The summed E-state index contributed by atoms with van der Waals surface area (Å²) < 4.78 is 1.23. The van der Waals surface area contributed by atoms with Gasteiger partial charge in [-0.05, 0) is 56.4 Å². The molecule has 2 aromatic carbocycles. The number of H-pyrrole nitrogens is 2. The monoisotopic (exact) mass is 534 g/mol. The van der Waals surface area contributed by atoms with E-state index < -0.39 is 16.8 Å². The highest BCUT2D eigenvalue weighted by atomic mass is 16.2. The average molecular weight is 535 g/mol. The number of aromatic amines is 2. The summed E-state index contributed by atoms with van der Waals surface area (Å²) in [7, 11) is 0. The van der Waals surface area contributed by atoms with E-state index in [-0.39, 0.29) is 17.2 Å². The molecule has 0 amide bonds. The molecule has 3 N–H and O–H groups in total. The first-order valence-electron chi connectivity index (χ1n) is 13.4. The summed E-state index contributed by atoms with van der Waals surface area (Å²) in [5.74, 6) is 6.06. The second kappa shape index (κ2) is 10.4. The van der Waals surface area contributed by atoms with Crippen molar-refractivity contribution >= 4 is 22.2 Å². The van der Waals surface area contributed by atoms with Gasteiger partial charge in [0.15, 0.2) is 11.2 Å². The van der Waals surface area contributed by atoms with E-state index in [0.717, 1.165) is 40.6 Å². The van der Waals surface area contributed by atoms with Crippen molar-refractivity contribution in [3.63, 3.8) is 0 Å². The Morgan fingerprint density at radius 2 is 1.95 bits per heavy atom. The molecule has 40 heavy (non-hydrogen) atoms. The van der Waals surface area contributed by atoms with Gasteiger partial charge in [-0.25, -0.2) is 9.78 Å². The normalized spacial score (nSPS) is 19.1. The van der Waals surface area contributed by atoms with E-state index >= 15 is 0 Å². The summed E-state index contributed by atoms with van der Waals surface area (Å²) in [5, 5.41) is 5.54. The number of hydrogen-bond donors (Lipinski definition) is 3. The van der Waals surface area contributed by atoms with E-state index in [9.17, 15) is 9.59 Å². The van der Waals surface area contributed by atoms with Crippen molar-refractivity contribution in [1.82, 2.24) is 34.9 Å². The van der Waals surface area contributed by atoms with Gasteiger partial charge in [-0.1, -0.05) is 36.3 Å². The molecule has 0 spiro atoms. The summed E-state index contributed by atoms with van der Waals surface area (Å²) in [4.78, 5) is 45.8. The lowest BCUT2D eigenvalue weighted by atomic mass is 9.80. The summed E-state index contributed by atoms with van der Waals surface area (Å²) in [6, 6.07) is 14.1. The van der Waals surface area contributed by atoms with Gasteiger partial charge in [-0.3, -0.25) is 25.1 Å². The van der Waals surface area contributed by atoms with Crippen molar-refractivity contribution < 1.29 is 0 Å². The Morgan fingerprint density at radius 3 is 2.77 bits per heavy atom. The fourth-order valence-corrected chi connectivity index (χ4v) is 5.82. The Kier molecular flexibility index (Phi) is 6.66. The molecule has 0 aliphatic carbocycles. The largest absolute Gasteiger partial charge is 0.349 e. The lowest BCUT2D eigenvalue weighted by Crippen LogP contribution is -2.69. The zero-order valence-electron chi connectivity index (χ0n) is 22.4. The Morgan fingerprint density at radius 1 is 1.12 bits per heavy atom. The van der Waals surface area contributed by atoms with Crippen molar-refractivity contribution in [3.8, 4) is 23.0 Å². The fourth-order valence-electron chi connectivity index (χ4n) is 5.82. The molecule has 1 aliphatic heterocycles. The maximum atomic E-state index is 13.6. The lowest BCUT2D eigenvalue weighted by molar-refractivity contribution is 0.199. The van der Waals surface area contributed by atoms with Crippen LogP contribution < -0.4 is 21.6 Å². The van der Waals surface area contributed by atoms with Gasteiger partial charge in [0.25, 0.3) is 0 Å². The Hall–Kier alpha value is -4.75. The molecular weight excluding hydrogens is 504 g/mol. The van der Waals surface area contributed by atoms with Crippen molar-refractivity contribution in [2.45, 2.75) is 44.7 Å². The maximum Gasteiger partial charge on any atom is 0.349 e. The molecule has 10 nitrogen and oxygen atoms in total. The first-order chi connectivity index (χ1) is 19.5. The van der Waals surface area contributed by atoms with Crippen molar-refractivity contribution in [3.05, 3.63) is 87.6 Å². The van der Waals surface area contributed by atoms with E-state index in [1.807, 2.05) is 30.1 Å². The summed E-state index contributed by atoms with van der Waals surface area (Å²) in [6.45, 7) is 5.01. The van der Waals surface area contributed by atoms with Crippen LogP contribution in [0.1, 0.15) is 32.3 Å². The Bertz CT molecular complexity index is 1860. The molecule has 0 saturated carbocycles. The van der Waals surface area contributed by atoms with Gasteiger partial charge in [0, 0.05) is 30.0 Å². The second-order valence-electron chi connectivity index (χ2n) is 10.3. The fraction of sp³-hybridized carbons (Fsp3) is 0.300. The van der Waals surface area contributed by atoms with Gasteiger partial charge >= 0.3 is 11.2 Å². The molecule has 10 heteroatoms. The minimum atomic E-state index is -0.512. The molecule has 1 fully saturated rings. The third-order valence-electron chi connectivity index (χ3n) is 7.80. The van der Waals surface area contributed by atoms with Crippen molar-refractivity contribution in [1.29, 1.82) is 0 Å².